The van der Waals surface area contributed by atoms with E-state index >= 15 is 0 Å². The Hall–Kier alpha value is -1.01. The van der Waals surface area contributed by atoms with Gasteiger partial charge in [0.1, 0.15) is 17.8 Å². The number of carbonyl (C=O) groups is 1. The van der Waals surface area contributed by atoms with Crippen LogP contribution < -0.4 is 5.32 Å². The van der Waals surface area contributed by atoms with E-state index in [1.165, 1.54) is 12.1 Å². The van der Waals surface area contributed by atoms with Gasteiger partial charge in [-0.3, -0.25) is 0 Å². The van der Waals surface area contributed by atoms with E-state index < -0.39 is 23.9 Å². The van der Waals surface area contributed by atoms with Crippen LogP contribution in [0.5, 0.6) is 0 Å². The van der Waals surface area contributed by atoms with Crippen LogP contribution in [-0.2, 0) is 4.74 Å². The van der Waals surface area contributed by atoms with E-state index in [0.717, 1.165) is 0 Å². The Morgan fingerprint density at radius 2 is 1.95 bits per heavy atom. The fraction of sp³-hybridized carbons (Fsp3) is 0.500. The molecule has 0 fully saturated rings. The normalized spacial score (nSPS) is 14.4. The molecule has 0 spiro atoms. The molecule has 0 saturated heterocycles. The Morgan fingerprint density at radius 1 is 1.33 bits per heavy atom. The lowest BCUT2D eigenvalue weighted by molar-refractivity contribution is 0.0130. The van der Waals surface area contributed by atoms with Crippen molar-refractivity contribution in [3.63, 3.8) is 0 Å². The van der Waals surface area contributed by atoms with Gasteiger partial charge in [0.25, 0.3) is 0 Å². The molecule has 1 aromatic carbocycles. The Bertz CT molecular complexity index is 502. The van der Waals surface area contributed by atoms with Crippen LogP contribution in [-0.4, -0.2) is 34.6 Å². The van der Waals surface area contributed by atoms with Crippen molar-refractivity contribution in [2.24, 2.45) is 0 Å². The minimum Gasteiger partial charge on any atom is -0.444 e. The summed E-state index contributed by atoms with van der Waals surface area (Å²) < 4.78 is 5.03. The standard InChI is InChI=1S/C14H19Cl2NO4/c1-14(2,3)21-13(20)17-7-11(18)12(19)9-5-4-8(15)6-10(9)16/h4-6,11-12,18-19H,7H2,1-3H3,(H,17,20). The van der Waals surface area contributed by atoms with Gasteiger partial charge in [0.15, 0.2) is 0 Å². The molecule has 1 amide bonds. The molecule has 0 aliphatic rings. The summed E-state index contributed by atoms with van der Waals surface area (Å²) in [5.41, 5.74) is -0.299. The van der Waals surface area contributed by atoms with Crippen LogP contribution >= 0.6 is 23.2 Å². The lowest BCUT2D eigenvalue weighted by Gasteiger charge is -2.22. The highest BCUT2D eigenvalue weighted by atomic mass is 35.5. The molecule has 2 atom stereocenters. The van der Waals surface area contributed by atoms with Gasteiger partial charge in [-0.2, -0.15) is 0 Å². The zero-order valence-electron chi connectivity index (χ0n) is 12.1. The number of hydrogen-bond donors (Lipinski definition) is 3. The molecule has 0 aliphatic carbocycles. The van der Waals surface area contributed by atoms with Crippen LogP contribution in [0.3, 0.4) is 0 Å². The minimum absolute atomic E-state index is 0.172. The highest BCUT2D eigenvalue weighted by Gasteiger charge is 2.23. The number of rotatable bonds is 4. The number of aliphatic hydroxyl groups excluding tert-OH is 2. The van der Waals surface area contributed by atoms with Crippen LogP contribution in [0, 0.1) is 0 Å². The molecular formula is C14H19Cl2NO4. The minimum atomic E-state index is -1.25. The molecule has 2 unspecified atom stereocenters. The number of carbonyl (C=O) groups excluding carboxylic acids is 1. The first-order chi connectivity index (χ1) is 9.60. The maximum absolute atomic E-state index is 11.5. The Morgan fingerprint density at radius 3 is 2.48 bits per heavy atom. The van der Waals surface area contributed by atoms with Gasteiger partial charge in [-0.1, -0.05) is 29.3 Å². The first-order valence-corrected chi connectivity index (χ1v) is 7.13. The summed E-state index contributed by atoms with van der Waals surface area (Å²) in [4.78, 5) is 11.5. The second-order valence-electron chi connectivity index (χ2n) is 5.56. The van der Waals surface area contributed by atoms with Crippen molar-refractivity contribution in [1.29, 1.82) is 0 Å². The van der Waals surface area contributed by atoms with Crippen LogP contribution in [0.1, 0.15) is 32.4 Å². The van der Waals surface area contributed by atoms with E-state index in [9.17, 15) is 15.0 Å². The molecule has 0 bridgehead atoms. The fourth-order valence-corrected chi connectivity index (χ4v) is 2.08. The van der Waals surface area contributed by atoms with Gasteiger partial charge in [0, 0.05) is 22.2 Å². The molecule has 1 aromatic rings. The second-order valence-corrected chi connectivity index (χ2v) is 6.40. The quantitative estimate of drug-likeness (QED) is 0.790. The summed E-state index contributed by atoms with van der Waals surface area (Å²) in [5.74, 6) is 0. The first kappa shape index (κ1) is 18.0. The molecule has 0 aliphatic heterocycles. The third-order valence-electron chi connectivity index (χ3n) is 2.50. The lowest BCUT2D eigenvalue weighted by atomic mass is 10.0. The second kappa shape index (κ2) is 7.31. The largest absolute Gasteiger partial charge is 0.444 e. The van der Waals surface area contributed by atoms with Crippen molar-refractivity contribution in [3.05, 3.63) is 33.8 Å². The molecule has 21 heavy (non-hydrogen) atoms. The lowest BCUT2D eigenvalue weighted by Crippen LogP contribution is -2.38. The number of alkyl carbamates (subject to hydrolysis) is 1. The summed E-state index contributed by atoms with van der Waals surface area (Å²) in [6, 6.07) is 4.54. The Balaban J connectivity index is 2.59. The van der Waals surface area contributed by atoms with Crippen LogP contribution in [0.2, 0.25) is 10.0 Å². The van der Waals surface area contributed by atoms with Gasteiger partial charge in [-0.05, 0) is 32.9 Å². The topological polar surface area (TPSA) is 78.8 Å². The maximum atomic E-state index is 11.5. The van der Waals surface area contributed by atoms with Crippen molar-refractivity contribution in [2.45, 2.75) is 38.6 Å². The van der Waals surface area contributed by atoms with Gasteiger partial charge in [0.2, 0.25) is 0 Å². The van der Waals surface area contributed by atoms with E-state index in [0.29, 0.717) is 10.6 Å². The smallest absolute Gasteiger partial charge is 0.407 e. The van der Waals surface area contributed by atoms with Crippen molar-refractivity contribution in [1.82, 2.24) is 5.32 Å². The van der Waals surface area contributed by atoms with Gasteiger partial charge in [0.05, 0.1) is 0 Å². The van der Waals surface area contributed by atoms with Crippen LogP contribution in [0.25, 0.3) is 0 Å². The Kier molecular flexibility index (Phi) is 6.28. The number of nitrogens with one attached hydrogen (secondary N) is 1. The molecule has 0 heterocycles. The highest BCUT2D eigenvalue weighted by molar-refractivity contribution is 6.35. The molecule has 0 saturated carbocycles. The molecule has 118 valence electrons. The third-order valence-corrected chi connectivity index (χ3v) is 3.06. The summed E-state index contributed by atoms with van der Waals surface area (Å²) >= 11 is 11.7. The third kappa shape index (κ3) is 6.09. The summed E-state index contributed by atoms with van der Waals surface area (Å²) in [6.45, 7) is 5.01. The SMILES string of the molecule is CC(C)(C)OC(=O)NCC(O)C(O)c1ccc(Cl)cc1Cl. The number of hydrogen-bond acceptors (Lipinski definition) is 4. The molecule has 7 heteroatoms. The number of aliphatic hydroxyl groups is 2. The van der Waals surface area contributed by atoms with E-state index in [-0.39, 0.29) is 11.6 Å². The van der Waals surface area contributed by atoms with Crippen molar-refractivity contribution >= 4 is 29.3 Å². The van der Waals surface area contributed by atoms with E-state index in [4.69, 9.17) is 27.9 Å². The van der Waals surface area contributed by atoms with Crippen molar-refractivity contribution < 1.29 is 19.7 Å². The fourth-order valence-electron chi connectivity index (χ4n) is 1.56. The average molecular weight is 336 g/mol. The van der Waals surface area contributed by atoms with Gasteiger partial charge < -0.3 is 20.3 Å². The maximum Gasteiger partial charge on any atom is 0.407 e. The van der Waals surface area contributed by atoms with Gasteiger partial charge in [-0.15, -0.1) is 0 Å². The zero-order valence-corrected chi connectivity index (χ0v) is 13.6. The van der Waals surface area contributed by atoms with Crippen molar-refractivity contribution in [3.8, 4) is 0 Å². The number of benzene rings is 1. The van der Waals surface area contributed by atoms with E-state index in [2.05, 4.69) is 5.32 Å². The first-order valence-electron chi connectivity index (χ1n) is 6.38. The van der Waals surface area contributed by atoms with E-state index in [1.807, 2.05) is 0 Å². The molecular weight excluding hydrogens is 317 g/mol. The Labute approximate surface area is 133 Å². The summed E-state index contributed by atoms with van der Waals surface area (Å²) in [6.07, 6.45) is -3.14. The highest BCUT2D eigenvalue weighted by Crippen LogP contribution is 2.28. The van der Waals surface area contributed by atoms with Gasteiger partial charge >= 0.3 is 6.09 Å². The molecule has 5 nitrogen and oxygen atoms in total. The predicted octanol–water partition coefficient (Wildman–Crippen LogP) is 2.91. The summed E-state index contributed by atoms with van der Waals surface area (Å²) in [7, 11) is 0. The molecule has 0 radical (unpaired) electrons. The van der Waals surface area contributed by atoms with E-state index in [1.54, 1.807) is 26.8 Å². The average Bonchev–Trinajstić information content (AvgIpc) is 2.33. The predicted molar refractivity (Wildman–Crippen MR) is 81.7 cm³/mol. The number of halogens is 2. The van der Waals surface area contributed by atoms with Crippen LogP contribution in [0.15, 0.2) is 18.2 Å². The summed E-state index contributed by atoms with van der Waals surface area (Å²) in [5, 5.41) is 23.0. The van der Waals surface area contributed by atoms with Crippen LogP contribution in [0.4, 0.5) is 4.79 Å². The number of ether oxygens (including phenoxy) is 1. The zero-order chi connectivity index (χ0) is 16.2. The molecule has 0 aromatic heterocycles. The van der Waals surface area contributed by atoms with Crippen molar-refractivity contribution in [2.75, 3.05) is 6.54 Å². The molecule has 3 N–H and O–H groups in total. The molecule has 1 rings (SSSR count). The monoisotopic (exact) mass is 335 g/mol. The van der Waals surface area contributed by atoms with Gasteiger partial charge in [-0.25, -0.2) is 4.79 Å². The number of amides is 1.